The van der Waals surface area contributed by atoms with E-state index in [0.717, 1.165) is 114 Å². The van der Waals surface area contributed by atoms with Gasteiger partial charge in [0, 0.05) is 25.7 Å². The quantitative estimate of drug-likeness (QED) is 0.0222. The van der Waals surface area contributed by atoms with Gasteiger partial charge in [0.15, 0.2) is 12.2 Å². The van der Waals surface area contributed by atoms with E-state index >= 15 is 0 Å². The van der Waals surface area contributed by atoms with Crippen molar-refractivity contribution >= 4 is 39.5 Å². The number of phosphoric ester groups is 2. The molecule has 7 atom stereocenters. The monoisotopic (exact) mass is 1370 g/mol. The Kier molecular flexibility index (Phi) is 62.2. The van der Waals surface area contributed by atoms with Crippen molar-refractivity contribution in [3.8, 4) is 0 Å². The Balaban J connectivity index is 5.27. The molecule has 0 spiro atoms. The number of phosphoric acid groups is 2. The Bertz CT molecular complexity index is 1840. The summed E-state index contributed by atoms with van der Waals surface area (Å²) in [4.78, 5) is 72.7. The van der Waals surface area contributed by atoms with Crippen molar-refractivity contribution in [1.82, 2.24) is 0 Å². The Hall–Kier alpha value is -1.94. The molecule has 0 amide bonds. The number of aliphatic hydroxyl groups excluding tert-OH is 1. The van der Waals surface area contributed by atoms with Gasteiger partial charge in [-0.25, -0.2) is 9.13 Å². The minimum atomic E-state index is -4.96. The molecule has 0 aromatic heterocycles. The number of carbonyl (C=O) groups excluding carboxylic acids is 4. The Morgan fingerprint density at radius 2 is 0.516 bits per heavy atom. The second-order valence-corrected chi connectivity index (χ2v) is 31.0. The minimum absolute atomic E-state index is 0.106. The van der Waals surface area contributed by atoms with Crippen LogP contribution in [0.15, 0.2) is 0 Å². The van der Waals surface area contributed by atoms with Crippen molar-refractivity contribution in [2.45, 2.75) is 388 Å². The van der Waals surface area contributed by atoms with Crippen LogP contribution in [0, 0.1) is 23.7 Å². The van der Waals surface area contributed by atoms with Gasteiger partial charge in [0.2, 0.25) is 0 Å². The maximum Gasteiger partial charge on any atom is 0.472 e. The summed E-state index contributed by atoms with van der Waals surface area (Å²) in [5.74, 6) is 0.971. The first-order chi connectivity index (χ1) is 44.7. The molecule has 0 rings (SSSR count). The van der Waals surface area contributed by atoms with E-state index in [2.05, 4.69) is 55.4 Å². The molecule has 0 aliphatic carbocycles. The van der Waals surface area contributed by atoms with Gasteiger partial charge in [0.25, 0.3) is 0 Å². The first-order valence-electron chi connectivity index (χ1n) is 38.3. The molecule has 17 nitrogen and oxygen atoms in total. The highest BCUT2D eigenvalue weighted by Crippen LogP contribution is 2.45. The largest absolute Gasteiger partial charge is 0.472 e. The van der Waals surface area contributed by atoms with Crippen molar-refractivity contribution in [1.29, 1.82) is 0 Å². The molecule has 3 N–H and O–H groups in total. The summed E-state index contributed by atoms with van der Waals surface area (Å²) >= 11 is 0. The first-order valence-corrected chi connectivity index (χ1v) is 41.3. The van der Waals surface area contributed by atoms with Crippen LogP contribution < -0.4 is 0 Å². The van der Waals surface area contributed by atoms with Crippen LogP contribution >= 0.6 is 15.6 Å². The summed E-state index contributed by atoms with van der Waals surface area (Å²) in [5.41, 5.74) is 0. The van der Waals surface area contributed by atoms with Gasteiger partial charge in [-0.15, -0.1) is 0 Å². The summed E-state index contributed by atoms with van der Waals surface area (Å²) < 4.78 is 68.5. The molecule has 0 aliphatic heterocycles. The van der Waals surface area contributed by atoms with Gasteiger partial charge in [-0.2, -0.15) is 0 Å². The van der Waals surface area contributed by atoms with Gasteiger partial charge in [-0.1, -0.05) is 319 Å². The summed E-state index contributed by atoms with van der Waals surface area (Å²) in [5, 5.41) is 10.6. The average molecular weight is 1370 g/mol. The van der Waals surface area contributed by atoms with Gasteiger partial charge >= 0.3 is 39.5 Å². The summed E-state index contributed by atoms with van der Waals surface area (Å²) in [7, 11) is -9.91. The van der Waals surface area contributed by atoms with Crippen LogP contribution in [0.4, 0.5) is 0 Å². The molecule has 552 valence electrons. The van der Waals surface area contributed by atoms with Crippen molar-refractivity contribution in [3.05, 3.63) is 0 Å². The van der Waals surface area contributed by atoms with E-state index in [-0.39, 0.29) is 25.7 Å². The van der Waals surface area contributed by atoms with Gasteiger partial charge in [0.1, 0.15) is 19.3 Å². The zero-order chi connectivity index (χ0) is 68.9. The van der Waals surface area contributed by atoms with E-state index in [9.17, 15) is 43.2 Å². The fourth-order valence-electron chi connectivity index (χ4n) is 11.1. The van der Waals surface area contributed by atoms with E-state index in [4.69, 9.17) is 37.0 Å². The van der Waals surface area contributed by atoms with Crippen LogP contribution in [0.1, 0.15) is 370 Å². The van der Waals surface area contributed by atoms with E-state index in [1.54, 1.807) is 0 Å². The molecule has 0 bridgehead atoms. The third-order valence-electron chi connectivity index (χ3n) is 17.8. The van der Waals surface area contributed by atoms with Crippen LogP contribution in [0.3, 0.4) is 0 Å². The number of rotatable bonds is 71. The number of carbonyl (C=O) groups is 4. The third kappa shape index (κ3) is 65.8. The second kappa shape index (κ2) is 63.5. The summed E-state index contributed by atoms with van der Waals surface area (Å²) in [6.07, 6.45) is 47.0. The lowest BCUT2D eigenvalue weighted by Gasteiger charge is -2.21. The second-order valence-electron chi connectivity index (χ2n) is 28.1. The standard InChI is InChI=1S/C74H144O17P2/c1-9-66(7)52-44-36-28-20-15-17-22-30-38-46-54-71(76)84-60-69(90-74(79)57-49-41-32-24-18-16-21-29-37-45-53-67(8)10-2)62-88-92(80,81)86-58-68(75)59-87-93(82,83)89-63-70(61-85-72(77)55-47-39-33-25-27-35-43-51-65(5)6)91-73(78)56-48-40-31-23-14-12-11-13-19-26-34-42-50-64(3)4/h64-70,75H,9-63H2,1-8H3,(H,80,81)(H,82,83)/t66?,67?,68?,69-,70-/m1/s1. The molecule has 19 heteroatoms. The SMILES string of the molecule is CCC(C)CCCCCCCCCCCCC(=O)OC[C@H](COP(=O)(O)OCC(O)COP(=O)(O)OC[C@@H](COC(=O)CCCCCCCCCC(C)C)OC(=O)CCCCCCCCCCCCCCC(C)C)OC(=O)CCCCCCCCCCCCC(C)CC. The van der Waals surface area contributed by atoms with E-state index in [1.165, 1.54) is 167 Å². The first kappa shape index (κ1) is 91.1. The van der Waals surface area contributed by atoms with Gasteiger partial charge < -0.3 is 33.8 Å². The maximum atomic E-state index is 13.1. The molecule has 0 aromatic carbocycles. The minimum Gasteiger partial charge on any atom is -0.462 e. The molecule has 0 fully saturated rings. The molecule has 0 saturated heterocycles. The predicted octanol–water partition coefficient (Wildman–Crippen LogP) is 21.3. The third-order valence-corrected chi connectivity index (χ3v) is 19.7. The topological polar surface area (TPSA) is 237 Å². The van der Waals surface area contributed by atoms with E-state index in [0.29, 0.717) is 31.6 Å². The molecular weight excluding hydrogens is 1220 g/mol. The number of aliphatic hydroxyl groups is 1. The van der Waals surface area contributed by atoms with Crippen LogP contribution in [0.2, 0.25) is 0 Å². The smallest absolute Gasteiger partial charge is 0.462 e. The van der Waals surface area contributed by atoms with Crippen LogP contribution in [0.25, 0.3) is 0 Å². The van der Waals surface area contributed by atoms with Crippen molar-refractivity contribution in [2.75, 3.05) is 39.6 Å². The van der Waals surface area contributed by atoms with Crippen molar-refractivity contribution < 1.29 is 80.2 Å². The average Bonchev–Trinajstić information content (AvgIpc) is 1.84. The molecule has 0 aromatic rings. The zero-order valence-corrected chi connectivity index (χ0v) is 62.7. The zero-order valence-electron chi connectivity index (χ0n) is 60.9. The fourth-order valence-corrected chi connectivity index (χ4v) is 12.7. The fraction of sp³-hybridized carbons (Fsp3) is 0.946. The lowest BCUT2D eigenvalue weighted by Crippen LogP contribution is -2.30. The molecule has 0 saturated carbocycles. The molecule has 0 heterocycles. The Labute approximate surface area is 568 Å². The highest BCUT2D eigenvalue weighted by atomic mass is 31.2. The van der Waals surface area contributed by atoms with Crippen LogP contribution in [-0.2, 0) is 65.4 Å². The normalized spacial score (nSPS) is 14.8. The molecular formula is C74H144O17P2. The van der Waals surface area contributed by atoms with E-state index < -0.39 is 97.5 Å². The lowest BCUT2D eigenvalue weighted by atomic mass is 9.99. The number of hydrogen-bond donors (Lipinski definition) is 3. The number of hydrogen-bond acceptors (Lipinski definition) is 15. The molecule has 5 unspecified atom stereocenters. The van der Waals surface area contributed by atoms with Crippen LogP contribution in [0.5, 0.6) is 0 Å². The Morgan fingerprint density at radius 3 is 0.763 bits per heavy atom. The summed E-state index contributed by atoms with van der Waals surface area (Å²) in [6.45, 7) is 14.2. The molecule has 0 aliphatic rings. The highest BCUT2D eigenvalue weighted by Gasteiger charge is 2.30. The highest BCUT2D eigenvalue weighted by molar-refractivity contribution is 7.47. The molecule has 0 radical (unpaired) electrons. The van der Waals surface area contributed by atoms with Gasteiger partial charge in [-0.3, -0.25) is 37.3 Å². The van der Waals surface area contributed by atoms with E-state index in [1.807, 2.05) is 0 Å². The van der Waals surface area contributed by atoms with Crippen molar-refractivity contribution in [3.63, 3.8) is 0 Å². The number of unbranched alkanes of at least 4 members (excludes halogenated alkanes) is 35. The van der Waals surface area contributed by atoms with Crippen LogP contribution in [-0.4, -0.2) is 96.7 Å². The number of ether oxygens (including phenoxy) is 4. The van der Waals surface area contributed by atoms with Gasteiger partial charge in [-0.05, 0) is 49.4 Å². The van der Waals surface area contributed by atoms with Gasteiger partial charge in [0.05, 0.1) is 26.4 Å². The summed E-state index contributed by atoms with van der Waals surface area (Å²) in [6, 6.07) is 0. The number of esters is 4. The molecule has 93 heavy (non-hydrogen) atoms. The predicted molar refractivity (Wildman–Crippen MR) is 377 cm³/mol. The maximum absolute atomic E-state index is 13.1. The van der Waals surface area contributed by atoms with Crippen molar-refractivity contribution in [2.24, 2.45) is 23.7 Å². The Morgan fingerprint density at radius 1 is 0.301 bits per heavy atom. The lowest BCUT2D eigenvalue weighted by molar-refractivity contribution is -0.161.